The number of carbonyl (C=O) groups is 1. The van der Waals surface area contributed by atoms with Gasteiger partial charge < -0.3 is 14.2 Å². The van der Waals surface area contributed by atoms with Crippen LogP contribution in [-0.4, -0.2) is 54.3 Å². The van der Waals surface area contributed by atoms with Crippen molar-refractivity contribution in [2.75, 3.05) is 18.8 Å². The molecule has 1 aromatic heterocycles. The molecule has 5 rings (SSSR count). The van der Waals surface area contributed by atoms with E-state index in [-0.39, 0.29) is 17.9 Å². The molecule has 0 spiro atoms. The number of nitrogens with zero attached hydrogens (tertiary/aromatic N) is 4. The molecule has 1 atom stereocenters. The number of hydrogen-bond donors (Lipinski definition) is 1. The molecular weight excluding hydrogens is 530 g/mol. The zero-order valence-electron chi connectivity index (χ0n) is 22.9. The second-order valence-electron chi connectivity index (χ2n) is 10.8. The smallest absolute Gasteiger partial charge is 0.258 e. The molecule has 2 aromatic carbocycles. The summed E-state index contributed by atoms with van der Waals surface area (Å²) in [6, 6.07) is 12.4. The quantitative estimate of drug-likeness (QED) is 0.430. The molecule has 0 radical (unpaired) electrons. The fourth-order valence-corrected chi connectivity index (χ4v) is 6.58. The van der Waals surface area contributed by atoms with Gasteiger partial charge in [-0.3, -0.25) is 4.79 Å². The Balaban J connectivity index is 1.32. The fourth-order valence-electron chi connectivity index (χ4n) is 5.31. The molecule has 3 aromatic rings. The van der Waals surface area contributed by atoms with Crippen LogP contribution in [0, 0.1) is 17.2 Å². The van der Waals surface area contributed by atoms with Crippen LogP contribution < -0.4 is 9.46 Å². The lowest BCUT2D eigenvalue weighted by Gasteiger charge is -2.30. The highest BCUT2D eigenvalue weighted by Gasteiger charge is 2.32. The van der Waals surface area contributed by atoms with Gasteiger partial charge in [-0.25, -0.2) is 13.1 Å². The van der Waals surface area contributed by atoms with Crippen molar-refractivity contribution in [3.8, 4) is 34.7 Å². The van der Waals surface area contributed by atoms with E-state index in [1.165, 1.54) is 0 Å². The van der Waals surface area contributed by atoms with E-state index in [1.807, 2.05) is 32.0 Å². The van der Waals surface area contributed by atoms with Crippen LogP contribution >= 0.6 is 0 Å². The number of aromatic nitrogens is 2. The lowest BCUT2D eigenvalue weighted by atomic mass is 9.99. The van der Waals surface area contributed by atoms with Gasteiger partial charge in [0.2, 0.25) is 21.8 Å². The largest absolute Gasteiger partial charge is 0.490 e. The molecule has 1 aliphatic heterocycles. The van der Waals surface area contributed by atoms with Crippen LogP contribution in [0.5, 0.6) is 5.75 Å². The summed E-state index contributed by atoms with van der Waals surface area (Å²) in [4.78, 5) is 18.9. The molecule has 1 aliphatic carbocycles. The van der Waals surface area contributed by atoms with Gasteiger partial charge in [0, 0.05) is 30.3 Å². The Kier molecular flexibility index (Phi) is 7.92. The number of fused-ring (bicyclic) bond motifs is 1. The molecule has 210 valence electrons. The van der Waals surface area contributed by atoms with E-state index >= 15 is 0 Å². The van der Waals surface area contributed by atoms with Gasteiger partial charge in [0.15, 0.2) is 0 Å². The lowest BCUT2D eigenvalue weighted by Crippen LogP contribution is -2.43. The number of likely N-dealkylation sites (tertiary alicyclic amines) is 1. The highest BCUT2D eigenvalue weighted by atomic mass is 32.2. The van der Waals surface area contributed by atoms with Crippen LogP contribution in [0.15, 0.2) is 40.9 Å². The molecular formula is C29H33N5O5S. The molecule has 2 heterocycles. The molecule has 0 saturated carbocycles. The van der Waals surface area contributed by atoms with E-state index in [1.54, 1.807) is 23.1 Å². The van der Waals surface area contributed by atoms with E-state index in [2.05, 4.69) is 27.9 Å². The van der Waals surface area contributed by atoms with Crippen LogP contribution in [0.3, 0.4) is 0 Å². The molecule has 1 fully saturated rings. The third kappa shape index (κ3) is 6.03. The summed E-state index contributed by atoms with van der Waals surface area (Å²) in [7, 11) is -3.82. The number of nitriles is 1. The number of amides is 1. The van der Waals surface area contributed by atoms with Crippen molar-refractivity contribution in [2.24, 2.45) is 5.92 Å². The van der Waals surface area contributed by atoms with Crippen molar-refractivity contribution in [2.45, 2.75) is 58.6 Å². The Hall–Kier alpha value is -3.75. The summed E-state index contributed by atoms with van der Waals surface area (Å²) in [5.74, 6) is 0.786. The normalized spacial score (nSPS) is 17.6. The summed E-state index contributed by atoms with van der Waals surface area (Å²) in [5.41, 5.74) is 3.51. The predicted molar refractivity (Wildman–Crippen MR) is 149 cm³/mol. The number of hydrogen-bond acceptors (Lipinski definition) is 8. The van der Waals surface area contributed by atoms with Gasteiger partial charge in [-0.15, -0.1) is 0 Å². The first-order valence-electron chi connectivity index (χ1n) is 13.6. The summed E-state index contributed by atoms with van der Waals surface area (Å²) in [6.45, 7) is 7.13. The maximum atomic E-state index is 12.9. The number of piperidine rings is 1. The number of ether oxygens (including phenoxy) is 1. The Bertz CT molecular complexity index is 1550. The standard InChI is InChI=1S/C29H33N5O5S/c1-18(2)38-26-10-7-20(15-21(26)16-30)29-31-28(32-39-29)24-6-4-5-23-22(24)8-9-25(23)33-40(36,37)17-27(35)34-13-11-19(3)12-14-34/h4-7,10,15,18-19,25,33H,8-9,11-14,17H2,1-3H3/t25-/m0/s1. The van der Waals surface area contributed by atoms with E-state index in [4.69, 9.17) is 9.26 Å². The monoisotopic (exact) mass is 563 g/mol. The Morgan fingerprint density at radius 1 is 1.23 bits per heavy atom. The maximum absolute atomic E-state index is 12.9. The van der Waals surface area contributed by atoms with E-state index in [9.17, 15) is 18.5 Å². The minimum absolute atomic E-state index is 0.0690. The summed E-state index contributed by atoms with van der Waals surface area (Å²) in [6.07, 6.45) is 2.91. The van der Waals surface area contributed by atoms with Crippen LogP contribution in [0.25, 0.3) is 22.8 Å². The molecule has 2 aliphatic rings. The average molecular weight is 564 g/mol. The van der Waals surface area contributed by atoms with Crippen LogP contribution in [0.2, 0.25) is 0 Å². The van der Waals surface area contributed by atoms with Crippen molar-refractivity contribution in [3.05, 3.63) is 53.1 Å². The SMILES string of the molecule is CC1CCN(C(=O)CS(=O)(=O)N[C@H]2CCc3c(-c4noc(-c5ccc(OC(C)C)c(C#N)c5)n4)cccc32)CC1. The summed E-state index contributed by atoms with van der Waals surface area (Å²) >= 11 is 0. The van der Waals surface area contributed by atoms with Crippen molar-refractivity contribution in [3.63, 3.8) is 0 Å². The van der Waals surface area contributed by atoms with Crippen LogP contribution in [-0.2, 0) is 21.2 Å². The molecule has 1 saturated heterocycles. The van der Waals surface area contributed by atoms with E-state index in [0.29, 0.717) is 54.5 Å². The lowest BCUT2D eigenvalue weighted by molar-refractivity contribution is -0.129. The zero-order chi connectivity index (χ0) is 28.4. The number of nitrogens with one attached hydrogen (secondary N) is 1. The first kappa shape index (κ1) is 27.8. The number of sulfonamides is 1. The highest BCUT2D eigenvalue weighted by Crippen LogP contribution is 2.38. The minimum atomic E-state index is -3.82. The Labute approximate surface area is 234 Å². The number of rotatable bonds is 8. The maximum Gasteiger partial charge on any atom is 0.258 e. The highest BCUT2D eigenvalue weighted by molar-refractivity contribution is 7.90. The van der Waals surface area contributed by atoms with Crippen molar-refractivity contribution >= 4 is 15.9 Å². The van der Waals surface area contributed by atoms with Gasteiger partial charge >= 0.3 is 0 Å². The number of benzene rings is 2. The Morgan fingerprint density at radius 3 is 2.73 bits per heavy atom. The van der Waals surface area contributed by atoms with Gasteiger partial charge in [-0.2, -0.15) is 10.2 Å². The molecule has 40 heavy (non-hydrogen) atoms. The van der Waals surface area contributed by atoms with Gasteiger partial charge in [0.05, 0.1) is 11.7 Å². The second kappa shape index (κ2) is 11.4. The van der Waals surface area contributed by atoms with Crippen LogP contribution in [0.1, 0.15) is 62.8 Å². The molecule has 11 heteroatoms. The van der Waals surface area contributed by atoms with Crippen molar-refractivity contribution in [1.82, 2.24) is 19.8 Å². The third-order valence-electron chi connectivity index (χ3n) is 7.42. The van der Waals surface area contributed by atoms with Crippen molar-refractivity contribution < 1.29 is 22.5 Å². The third-order valence-corrected chi connectivity index (χ3v) is 8.69. The van der Waals surface area contributed by atoms with E-state index in [0.717, 1.165) is 29.5 Å². The zero-order valence-corrected chi connectivity index (χ0v) is 23.7. The predicted octanol–water partition coefficient (Wildman–Crippen LogP) is 4.23. The molecule has 10 nitrogen and oxygen atoms in total. The topological polar surface area (TPSA) is 138 Å². The minimum Gasteiger partial charge on any atom is -0.490 e. The summed E-state index contributed by atoms with van der Waals surface area (Å²) in [5, 5.41) is 13.7. The van der Waals surface area contributed by atoms with Gasteiger partial charge in [0.1, 0.15) is 17.6 Å². The Morgan fingerprint density at radius 2 is 2.00 bits per heavy atom. The van der Waals surface area contributed by atoms with Crippen molar-refractivity contribution in [1.29, 1.82) is 5.26 Å². The summed E-state index contributed by atoms with van der Waals surface area (Å²) < 4.78 is 39.8. The second-order valence-corrected chi connectivity index (χ2v) is 12.6. The first-order chi connectivity index (χ1) is 19.1. The molecule has 1 N–H and O–H groups in total. The van der Waals surface area contributed by atoms with Crippen LogP contribution in [0.4, 0.5) is 0 Å². The molecule has 0 unspecified atom stereocenters. The fraction of sp³-hybridized carbons (Fsp3) is 0.448. The van der Waals surface area contributed by atoms with E-state index < -0.39 is 21.8 Å². The molecule has 1 amide bonds. The van der Waals surface area contributed by atoms with Gasteiger partial charge in [-0.1, -0.05) is 30.3 Å². The average Bonchev–Trinajstić information content (AvgIpc) is 3.56. The first-order valence-corrected chi connectivity index (χ1v) is 15.2. The molecule has 0 bridgehead atoms. The van der Waals surface area contributed by atoms with Gasteiger partial charge in [0.25, 0.3) is 5.89 Å². The van der Waals surface area contributed by atoms with Gasteiger partial charge in [-0.05, 0) is 74.8 Å². The number of carbonyl (C=O) groups excluding carboxylic acids is 1.